The molecule has 0 bridgehead atoms. The van der Waals surface area contributed by atoms with Crippen molar-refractivity contribution in [3.63, 3.8) is 0 Å². The first kappa shape index (κ1) is 16.4. The number of fused-ring (bicyclic) bond motifs is 1. The SMILES string of the molecule is N#Cc1c(O)nc2ncc(-c3ccc(-c4ccccc4O)cc3)cc2c1O. The molecule has 0 radical (unpaired) electrons. The summed E-state index contributed by atoms with van der Waals surface area (Å²) >= 11 is 0. The van der Waals surface area contributed by atoms with Crippen molar-refractivity contribution in [2.45, 2.75) is 0 Å². The third-order valence-electron chi connectivity index (χ3n) is 4.34. The molecule has 6 nitrogen and oxygen atoms in total. The van der Waals surface area contributed by atoms with E-state index in [2.05, 4.69) is 9.97 Å². The minimum atomic E-state index is -0.547. The van der Waals surface area contributed by atoms with Crippen molar-refractivity contribution in [2.75, 3.05) is 0 Å². The van der Waals surface area contributed by atoms with Gasteiger partial charge >= 0.3 is 0 Å². The molecule has 4 rings (SSSR count). The lowest BCUT2D eigenvalue weighted by atomic mass is 10.00. The highest BCUT2D eigenvalue weighted by molar-refractivity contribution is 5.89. The van der Waals surface area contributed by atoms with E-state index in [4.69, 9.17) is 5.26 Å². The van der Waals surface area contributed by atoms with Crippen LogP contribution in [0.25, 0.3) is 33.3 Å². The molecular weight excluding hydrogens is 342 g/mol. The smallest absolute Gasteiger partial charge is 0.235 e. The van der Waals surface area contributed by atoms with E-state index in [1.807, 2.05) is 36.4 Å². The molecule has 0 aliphatic heterocycles. The Kier molecular flexibility index (Phi) is 3.83. The number of benzene rings is 2. The van der Waals surface area contributed by atoms with E-state index < -0.39 is 5.88 Å². The van der Waals surface area contributed by atoms with Gasteiger partial charge < -0.3 is 15.3 Å². The number of para-hydroxylation sites is 1. The van der Waals surface area contributed by atoms with Gasteiger partial charge in [-0.1, -0.05) is 42.5 Å². The van der Waals surface area contributed by atoms with Gasteiger partial charge in [0, 0.05) is 17.3 Å². The number of nitriles is 1. The molecule has 0 saturated heterocycles. The Bertz CT molecular complexity index is 1210. The topological polar surface area (TPSA) is 110 Å². The lowest BCUT2D eigenvalue weighted by Gasteiger charge is -2.08. The van der Waals surface area contributed by atoms with Crippen LogP contribution in [0.15, 0.2) is 60.8 Å². The molecule has 2 heterocycles. The summed E-state index contributed by atoms with van der Waals surface area (Å²) in [5, 5.41) is 39.2. The lowest BCUT2D eigenvalue weighted by molar-refractivity contribution is 0.437. The second-order valence-corrected chi connectivity index (χ2v) is 5.96. The summed E-state index contributed by atoms with van der Waals surface area (Å²) in [6, 6.07) is 18.0. The van der Waals surface area contributed by atoms with Crippen LogP contribution in [0.2, 0.25) is 0 Å². The van der Waals surface area contributed by atoms with Crippen molar-refractivity contribution in [2.24, 2.45) is 0 Å². The maximum Gasteiger partial charge on any atom is 0.235 e. The zero-order chi connectivity index (χ0) is 19.0. The second-order valence-electron chi connectivity index (χ2n) is 5.96. The van der Waals surface area contributed by atoms with Crippen molar-refractivity contribution in [3.05, 3.63) is 66.4 Å². The van der Waals surface area contributed by atoms with Gasteiger partial charge in [-0.2, -0.15) is 10.2 Å². The fraction of sp³-hybridized carbons (Fsp3) is 0. The molecule has 27 heavy (non-hydrogen) atoms. The van der Waals surface area contributed by atoms with Crippen molar-refractivity contribution in [1.82, 2.24) is 9.97 Å². The van der Waals surface area contributed by atoms with Gasteiger partial charge in [-0.15, -0.1) is 0 Å². The summed E-state index contributed by atoms with van der Waals surface area (Å²) in [6.45, 7) is 0. The summed E-state index contributed by atoms with van der Waals surface area (Å²) in [5.41, 5.74) is 3.03. The summed E-state index contributed by atoms with van der Waals surface area (Å²) in [5.74, 6) is -0.688. The van der Waals surface area contributed by atoms with Crippen LogP contribution in [-0.2, 0) is 0 Å². The van der Waals surface area contributed by atoms with Crippen LogP contribution in [0.1, 0.15) is 5.56 Å². The van der Waals surface area contributed by atoms with Gasteiger partial charge in [-0.25, -0.2) is 4.98 Å². The fourth-order valence-corrected chi connectivity index (χ4v) is 2.94. The Morgan fingerprint density at radius 2 is 1.56 bits per heavy atom. The first-order chi connectivity index (χ1) is 13.1. The van der Waals surface area contributed by atoms with E-state index in [9.17, 15) is 15.3 Å². The number of hydrogen-bond acceptors (Lipinski definition) is 6. The number of nitrogens with zero attached hydrogens (tertiary/aromatic N) is 3. The predicted octanol–water partition coefficient (Wildman–Crippen LogP) is 3.95. The normalized spacial score (nSPS) is 10.6. The van der Waals surface area contributed by atoms with Gasteiger partial charge in [-0.05, 0) is 23.3 Å². The maximum absolute atomic E-state index is 10.2. The number of aromatic hydroxyl groups is 3. The quantitative estimate of drug-likeness (QED) is 0.502. The average molecular weight is 355 g/mol. The largest absolute Gasteiger partial charge is 0.507 e. The molecule has 0 atom stereocenters. The summed E-state index contributed by atoms with van der Waals surface area (Å²) in [4.78, 5) is 8.01. The molecule has 0 saturated carbocycles. The van der Waals surface area contributed by atoms with E-state index >= 15 is 0 Å². The first-order valence-corrected chi connectivity index (χ1v) is 8.09. The number of pyridine rings is 2. The molecule has 0 spiro atoms. The lowest BCUT2D eigenvalue weighted by Crippen LogP contribution is -1.91. The zero-order valence-electron chi connectivity index (χ0n) is 14.0. The summed E-state index contributed by atoms with van der Waals surface area (Å²) in [6.07, 6.45) is 1.58. The molecule has 130 valence electrons. The van der Waals surface area contributed by atoms with Gasteiger partial charge in [-0.3, -0.25) is 0 Å². The van der Waals surface area contributed by atoms with E-state index in [-0.39, 0.29) is 28.1 Å². The third kappa shape index (κ3) is 2.77. The number of phenolic OH excluding ortho intramolecular Hbond substituents is 1. The summed E-state index contributed by atoms with van der Waals surface area (Å²) < 4.78 is 0. The maximum atomic E-state index is 10.2. The molecular formula is C21H13N3O3. The zero-order valence-corrected chi connectivity index (χ0v) is 14.0. The van der Waals surface area contributed by atoms with Crippen molar-refractivity contribution in [1.29, 1.82) is 5.26 Å². The van der Waals surface area contributed by atoms with Gasteiger partial charge in [0.2, 0.25) is 5.88 Å². The molecule has 2 aromatic heterocycles. The number of rotatable bonds is 2. The molecule has 6 heteroatoms. The average Bonchev–Trinajstić information content (AvgIpc) is 2.69. The highest BCUT2D eigenvalue weighted by Crippen LogP contribution is 2.35. The molecule has 4 aromatic rings. The van der Waals surface area contributed by atoms with E-state index in [1.165, 1.54) is 0 Å². The fourth-order valence-electron chi connectivity index (χ4n) is 2.94. The Hall–Kier alpha value is -4.11. The molecule has 0 unspecified atom stereocenters. The van der Waals surface area contributed by atoms with E-state index in [1.54, 1.807) is 30.5 Å². The Morgan fingerprint density at radius 3 is 2.26 bits per heavy atom. The van der Waals surface area contributed by atoms with Crippen LogP contribution >= 0.6 is 0 Å². The van der Waals surface area contributed by atoms with Crippen molar-refractivity contribution < 1.29 is 15.3 Å². The molecule has 0 aliphatic rings. The van der Waals surface area contributed by atoms with Crippen LogP contribution in [-0.4, -0.2) is 25.3 Å². The highest BCUT2D eigenvalue weighted by atomic mass is 16.3. The van der Waals surface area contributed by atoms with Gasteiger partial charge in [0.1, 0.15) is 17.6 Å². The second kappa shape index (κ2) is 6.32. The Labute approximate surface area is 154 Å². The summed E-state index contributed by atoms with van der Waals surface area (Å²) in [7, 11) is 0. The monoisotopic (exact) mass is 355 g/mol. The highest BCUT2D eigenvalue weighted by Gasteiger charge is 2.15. The van der Waals surface area contributed by atoms with Crippen LogP contribution < -0.4 is 0 Å². The van der Waals surface area contributed by atoms with Crippen molar-refractivity contribution >= 4 is 11.0 Å². The number of phenols is 1. The first-order valence-electron chi connectivity index (χ1n) is 8.09. The van der Waals surface area contributed by atoms with Gasteiger partial charge in [0.25, 0.3) is 0 Å². The van der Waals surface area contributed by atoms with Gasteiger partial charge in [0.15, 0.2) is 11.2 Å². The molecule has 0 fully saturated rings. The molecule has 0 amide bonds. The van der Waals surface area contributed by atoms with Crippen LogP contribution in [0.3, 0.4) is 0 Å². The number of aromatic nitrogens is 2. The standard InChI is InChI=1S/C21H13N3O3/c22-10-17-19(26)16-9-14(11-23-20(16)24-21(17)27)12-5-7-13(8-6-12)15-3-1-2-4-18(15)25/h1-9,11,25H,(H2,23,24,26,27). The van der Waals surface area contributed by atoms with Crippen LogP contribution in [0, 0.1) is 11.3 Å². The Morgan fingerprint density at radius 1 is 0.852 bits per heavy atom. The number of hydrogen-bond donors (Lipinski definition) is 3. The molecule has 0 aliphatic carbocycles. The van der Waals surface area contributed by atoms with Gasteiger partial charge in [0.05, 0.1) is 5.39 Å². The van der Waals surface area contributed by atoms with E-state index in [0.29, 0.717) is 0 Å². The third-order valence-corrected chi connectivity index (χ3v) is 4.34. The van der Waals surface area contributed by atoms with Crippen molar-refractivity contribution in [3.8, 4) is 45.7 Å². The minimum Gasteiger partial charge on any atom is -0.507 e. The Balaban J connectivity index is 1.79. The van der Waals surface area contributed by atoms with Crippen LogP contribution in [0.5, 0.6) is 17.4 Å². The predicted molar refractivity (Wildman–Crippen MR) is 100 cm³/mol. The molecule has 3 N–H and O–H groups in total. The van der Waals surface area contributed by atoms with Crippen LogP contribution in [0.4, 0.5) is 0 Å². The minimum absolute atomic E-state index is 0.151. The molecule has 2 aromatic carbocycles. The van der Waals surface area contributed by atoms with E-state index in [0.717, 1.165) is 22.3 Å².